The fraction of sp³-hybridized carbons (Fsp3) is 0.615. The van der Waals surface area contributed by atoms with Gasteiger partial charge in [0.15, 0.2) is 5.69 Å². The topological polar surface area (TPSA) is 92.0 Å². The maximum Gasteiger partial charge on any atom is 0.437 e. The van der Waals surface area contributed by atoms with Crippen LogP contribution in [0.1, 0.15) is 60.3 Å². The second kappa shape index (κ2) is 11.4. The lowest BCUT2D eigenvalue weighted by atomic mass is 10.1. The number of carbonyl (C=O) groups is 2. The highest BCUT2D eigenvalue weighted by Crippen LogP contribution is 2.35. The molecule has 2 aromatic rings. The van der Waals surface area contributed by atoms with Gasteiger partial charge >= 0.3 is 12.3 Å². The van der Waals surface area contributed by atoms with Crippen molar-refractivity contribution in [3.8, 4) is 0 Å². The van der Waals surface area contributed by atoms with Gasteiger partial charge in [0.25, 0.3) is 6.01 Å². The number of aromatic nitrogens is 2. The summed E-state index contributed by atoms with van der Waals surface area (Å²) in [6.45, 7) is 2.25. The summed E-state index contributed by atoms with van der Waals surface area (Å²) in [5.74, 6) is -1.14. The molecule has 1 atom stereocenters. The van der Waals surface area contributed by atoms with Gasteiger partial charge in [0.05, 0.1) is 6.54 Å². The number of amides is 1. The highest BCUT2D eigenvalue weighted by Gasteiger charge is 2.42. The van der Waals surface area contributed by atoms with E-state index in [-0.39, 0.29) is 25.2 Å². The number of pyridine rings is 1. The largest absolute Gasteiger partial charge is 0.446 e. The Morgan fingerprint density at radius 2 is 1.74 bits per heavy atom. The Balaban J connectivity index is 1.19. The average Bonchev–Trinajstić information content (AvgIpc) is 3.60. The molecule has 0 bridgehead atoms. The van der Waals surface area contributed by atoms with Crippen LogP contribution < -0.4 is 9.80 Å². The number of hydrogen-bond acceptors (Lipinski definition) is 8. The van der Waals surface area contributed by atoms with E-state index in [2.05, 4.69) is 9.97 Å². The minimum absolute atomic E-state index is 0.00970. The number of ether oxygens (including phenoxy) is 1. The fourth-order valence-corrected chi connectivity index (χ4v) is 5.24. The number of oxazole rings is 1. The van der Waals surface area contributed by atoms with Gasteiger partial charge in [-0.25, -0.2) is 14.2 Å². The van der Waals surface area contributed by atoms with Gasteiger partial charge in [0, 0.05) is 45.3 Å². The molecule has 5 rings (SSSR count). The lowest BCUT2D eigenvalue weighted by molar-refractivity contribution is -0.141. The first-order chi connectivity index (χ1) is 18.7. The highest BCUT2D eigenvalue weighted by molar-refractivity contribution is 5.96. The predicted molar refractivity (Wildman–Crippen MR) is 133 cm³/mol. The number of Topliss-reactive ketones (excluding diaryl/α,β-unsaturated/α-hetero) is 1. The van der Waals surface area contributed by atoms with E-state index in [9.17, 15) is 27.2 Å². The maximum absolute atomic E-state index is 13.8. The van der Waals surface area contributed by atoms with Gasteiger partial charge in [-0.3, -0.25) is 4.79 Å². The minimum Gasteiger partial charge on any atom is -0.446 e. The van der Waals surface area contributed by atoms with Crippen LogP contribution in [0.2, 0.25) is 0 Å². The third-order valence-corrected chi connectivity index (χ3v) is 7.38. The van der Waals surface area contributed by atoms with E-state index < -0.39 is 35.6 Å². The number of nitrogens with zero attached hydrogens (tertiary/aromatic N) is 5. The second-order valence-corrected chi connectivity index (χ2v) is 10.2. The molecule has 1 unspecified atom stereocenters. The van der Waals surface area contributed by atoms with Crippen molar-refractivity contribution >= 4 is 23.7 Å². The van der Waals surface area contributed by atoms with Crippen molar-refractivity contribution in [2.24, 2.45) is 0 Å². The molecular formula is C26H31F4N5O4. The third kappa shape index (κ3) is 6.44. The number of halogens is 4. The molecular weight excluding hydrogens is 522 g/mol. The summed E-state index contributed by atoms with van der Waals surface area (Å²) in [7, 11) is 0. The molecule has 2 saturated heterocycles. The number of ketones is 1. The molecule has 212 valence electrons. The molecule has 0 N–H and O–H groups in total. The molecule has 1 aliphatic carbocycles. The molecule has 0 aromatic carbocycles. The monoisotopic (exact) mass is 553 g/mol. The number of hydrogen-bond donors (Lipinski definition) is 0. The van der Waals surface area contributed by atoms with Crippen LogP contribution in [-0.2, 0) is 17.3 Å². The Hall–Kier alpha value is -3.38. The summed E-state index contributed by atoms with van der Waals surface area (Å²) in [4.78, 5) is 38.1. The van der Waals surface area contributed by atoms with Crippen molar-refractivity contribution in [2.75, 3.05) is 49.1 Å². The quantitative estimate of drug-likeness (QED) is 0.377. The first kappa shape index (κ1) is 27.2. The Labute approximate surface area is 223 Å². The number of alkyl halides is 4. The second-order valence-electron chi connectivity index (χ2n) is 10.2. The van der Waals surface area contributed by atoms with Crippen LogP contribution in [0.3, 0.4) is 0 Å². The Kier molecular flexibility index (Phi) is 7.94. The molecule has 0 radical (unpaired) electrons. The third-order valence-electron chi connectivity index (χ3n) is 7.38. The van der Waals surface area contributed by atoms with Crippen LogP contribution in [0.4, 0.5) is 34.2 Å². The zero-order chi connectivity index (χ0) is 27.6. The van der Waals surface area contributed by atoms with E-state index in [0.717, 1.165) is 25.7 Å². The lowest BCUT2D eigenvalue weighted by Crippen LogP contribution is -2.49. The van der Waals surface area contributed by atoms with E-state index in [4.69, 9.17) is 9.15 Å². The molecule has 4 heterocycles. The maximum atomic E-state index is 13.8. The van der Waals surface area contributed by atoms with Crippen molar-refractivity contribution < 1.29 is 36.3 Å². The first-order valence-corrected chi connectivity index (χ1v) is 13.3. The molecule has 0 spiro atoms. The van der Waals surface area contributed by atoms with Crippen LogP contribution in [0.5, 0.6) is 0 Å². The lowest BCUT2D eigenvalue weighted by Gasteiger charge is -2.35. The van der Waals surface area contributed by atoms with Gasteiger partial charge in [0.1, 0.15) is 18.1 Å². The zero-order valence-corrected chi connectivity index (χ0v) is 21.5. The molecule has 2 aliphatic heterocycles. The number of piperidine rings is 1. The zero-order valence-electron chi connectivity index (χ0n) is 21.5. The first-order valence-electron chi connectivity index (χ1n) is 13.3. The number of rotatable bonds is 6. The molecule has 39 heavy (non-hydrogen) atoms. The summed E-state index contributed by atoms with van der Waals surface area (Å²) in [5, 5.41) is 0. The summed E-state index contributed by atoms with van der Waals surface area (Å²) in [6.07, 6.45) is -0.528. The van der Waals surface area contributed by atoms with E-state index >= 15 is 0 Å². The van der Waals surface area contributed by atoms with Crippen molar-refractivity contribution in [3.63, 3.8) is 0 Å². The summed E-state index contributed by atoms with van der Waals surface area (Å²) in [6, 6.07) is 2.93. The number of anilines is 2. The molecule has 13 heteroatoms. The van der Waals surface area contributed by atoms with Gasteiger partial charge in [-0.05, 0) is 50.2 Å². The van der Waals surface area contributed by atoms with Crippen molar-refractivity contribution in [3.05, 3.63) is 35.3 Å². The SMILES string of the molecule is O=C(Cc1ccc(N2CCN(C(=O)OC3CCCC3)CC2)nc1)c1oc(N2CCCC(F)C2)nc1C(F)(F)F. The normalized spacial score (nSPS) is 20.9. The summed E-state index contributed by atoms with van der Waals surface area (Å²) < 4.78 is 65.5. The van der Waals surface area contributed by atoms with E-state index in [0.29, 0.717) is 56.9 Å². The van der Waals surface area contributed by atoms with E-state index in [1.54, 1.807) is 17.0 Å². The smallest absolute Gasteiger partial charge is 0.437 e. The van der Waals surface area contributed by atoms with Gasteiger partial charge in [-0.2, -0.15) is 18.2 Å². The van der Waals surface area contributed by atoms with Gasteiger partial charge in [0.2, 0.25) is 11.5 Å². The van der Waals surface area contributed by atoms with Gasteiger partial charge < -0.3 is 23.9 Å². The van der Waals surface area contributed by atoms with Crippen LogP contribution in [0.25, 0.3) is 0 Å². The molecule has 1 saturated carbocycles. The number of piperazine rings is 1. The highest BCUT2D eigenvalue weighted by atomic mass is 19.4. The average molecular weight is 554 g/mol. The number of carbonyl (C=O) groups excluding carboxylic acids is 2. The van der Waals surface area contributed by atoms with E-state index in [1.807, 2.05) is 4.90 Å². The van der Waals surface area contributed by atoms with Crippen LogP contribution in [0.15, 0.2) is 22.7 Å². The molecule has 3 aliphatic rings. The van der Waals surface area contributed by atoms with Crippen molar-refractivity contribution in [1.29, 1.82) is 0 Å². The predicted octanol–water partition coefficient (Wildman–Crippen LogP) is 4.65. The molecule has 9 nitrogen and oxygen atoms in total. The van der Waals surface area contributed by atoms with Crippen LogP contribution in [0, 0.1) is 0 Å². The van der Waals surface area contributed by atoms with Crippen molar-refractivity contribution in [2.45, 2.75) is 63.4 Å². The van der Waals surface area contributed by atoms with Gasteiger partial charge in [-0.1, -0.05) is 6.07 Å². The molecule has 3 fully saturated rings. The Bertz CT molecular complexity index is 1160. The molecule has 1 amide bonds. The summed E-state index contributed by atoms with van der Waals surface area (Å²) in [5.41, 5.74) is -0.993. The summed E-state index contributed by atoms with van der Waals surface area (Å²) >= 11 is 0. The van der Waals surface area contributed by atoms with E-state index in [1.165, 1.54) is 11.1 Å². The molecule has 2 aromatic heterocycles. The van der Waals surface area contributed by atoms with Crippen LogP contribution >= 0.6 is 0 Å². The Morgan fingerprint density at radius 1 is 1.00 bits per heavy atom. The Morgan fingerprint density at radius 3 is 2.38 bits per heavy atom. The standard InChI is InChI=1S/C26H31F4N5O4/c27-18-4-3-9-35(16-18)24-32-23(26(28,29)30)22(39-24)20(36)14-17-7-8-21(31-15-17)33-10-12-34(13-11-33)25(37)38-19-5-1-2-6-19/h7-8,15,18-19H,1-6,9-14,16H2. The minimum atomic E-state index is -4.90. The van der Waals surface area contributed by atoms with Crippen molar-refractivity contribution in [1.82, 2.24) is 14.9 Å². The fourth-order valence-electron chi connectivity index (χ4n) is 5.24. The van der Waals surface area contributed by atoms with Crippen LogP contribution in [-0.4, -0.2) is 78.3 Å². The van der Waals surface area contributed by atoms with Gasteiger partial charge in [-0.15, -0.1) is 0 Å².